The zero-order chi connectivity index (χ0) is 31.7. The zero-order valence-electron chi connectivity index (χ0n) is 24.1. The molecule has 0 bridgehead atoms. The Balaban J connectivity index is 1.61. The summed E-state index contributed by atoms with van der Waals surface area (Å²) < 4.78 is 0. The van der Waals surface area contributed by atoms with Gasteiger partial charge in [-0.25, -0.2) is 0 Å². The highest BCUT2D eigenvalue weighted by Crippen LogP contribution is 2.52. The van der Waals surface area contributed by atoms with E-state index in [0.29, 0.717) is 16.9 Å². The van der Waals surface area contributed by atoms with Crippen LogP contribution in [0.5, 0.6) is 5.75 Å². The van der Waals surface area contributed by atoms with E-state index < -0.39 is 76.0 Å². The van der Waals surface area contributed by atoms with Gasteiger partial charge in [0.05, 0.1) is 23.2 Å². The van der Waals surface area contributed by atoms with Crippen molar-refractivity contribution in [3.8, 4) is 5.75 Å². The number of nitrogens with zero attached hydrogens (tertiary/aromatic N) is 2. The molecule has 2 fully saturated rings. The molecule has 0 saturated heterocycles. The number of likely N-dealkylation sites (N-methyl/N-ethyl adjacent to an activating group) is 1. The van der Waals surface area contributed by atoms with Gasteiger partial charge in [-0.05, 0) is 68.8 Å². The molecule has 2 aromatic rings. The monoisotopic (exact) mass is 591 g/mol. The molecule has 13 heteroatoms. The van der Waals surface area contributed by atoms with E-state index in [1.807, 2.05) is 0 Å². The summed E-state index contributed by atoms with van der Waals surface area (Å²) in [5.74, 6) is -12.1. The van der Waals surface area contributed by atoms with Gasteiger partial charge in [-0.15, -0.1) is 0 Å². The van der Waals surface area contributed by atoms with Crippen LogP contribution in [0.15, 0.2) is 30.3 Å². The number of aromatic hydroxyl groups is 1. The van der Waals surface area contributed by atoms with E-state index in [2.05, 4.69) is 5.32 Å². The van der Waals surface area contributed by atoms with Gasteiger partial charge in [-0.2, -0.15) is 0 Å². The van der Waals surface area contributed by atoms with Crippen molar-refractivity contribution in [2.75, 3.05) is 44.1 Å². The Labute approximate surface area is 246 Å². The number of hydrogen-bond acceptors (Lipinski definition) is 11. The Hall–Kier alpha value is -4.62. The van der Waals surface area contributed by atoms with Crippen molar-refractivity contribution in [2.45, 2.75) is 24.5 Å². The molecule has 0 spiro atoms. The number of anilines is 3. The van der Waals surface area contributed by atoms with Gasteiger partial charge in [0.2, 0.25) is 5.91 Å². The number of primary amides is 1. The number of fused-ring (bicyclic) bond motifs is 3. The Bertz CT molecular complexity index is 1600. The molecule has 2 amide bonds. The fourth-order valence-electron chi connectivity index (χ4n) is 6.98. The van der Waals surface area contributed by atoms with Crippen LogP contribution in [0.3, 0.4) is 0 Å². The van der Waals surface area contributed by atoms with E-state index in [9.17, 15) is 39.0 Å². The molecule has 2 saturated carbocycles. The molecule has 0 radical (unpaired) electrons. The lowest BCUT2D eigenvalue weighted by Gasteiger charge is -2.52. The first-order valence-corrected chi connectivity index (χ1v) is 13.7. The third kappa shape index (κ3) is 4.38. The van der Waals surface area contributed by atoms with Crippen molar-refractivity contribution in [1.82, 2.24) is 4.90 Å². The molecule has 3 aliphatic rings. The number of nitrogens with two attached hydrogens (primary N) is 2. The number of nitrogens with one attached hydrogen (secondary N) is 1. The highest BCUT2D eigenvalue weighted by Gasteiger charge is 2.69. The number of carbonyl (C=O) groups excluding carboxylic acids is 6. The number of benzene rings is 2. The second-order valence-electron chi connectivity index (χ2n) is 11.9. The fraction of sp³-hybridized carbons (Fsp3) is 0.400. The molecule has 2 aromatic carbocycles. The van der Waals surface area contributed by atoms with E-state index in [-0.39, 0.29) is 29.7 Å². The predicted octanol–water partition coefficient (Wildman–Crippen LogP) is -0.232. The van der Waals surface area contributed by atoms with Crippen molar-refractivity contribution in [3.05, 3.63) is 47.0 Å². The quantitative estimate of drug-likeness (QED) is 0.174. The number of carbonyl (C=O) groups is 6. The molecular weight excluding hydrogens is 558 g/mol. The molecule has 0 aliphatic heterocycles. The van der Waals surface area contributed by atoms with Crippen LogP contribution in [0.25, 0.3) is 0 Å². The van der Waals surface area contributed by atoms with Gasteiger partial charge < -0.3 is 31.9 Å². The third-order valence-electron chi connectivity index (χ3n) is 8.94. The number of phenols is 1. The summed E-state index contributed by atoms with van der Waals surface area (Å²) in [5.41, 5.74) is 9.54. The molecule has 0 aromatic heterocycles. The predicted molar refractivity (Wildman–Crippen MR) is 154 cm³/mol. The Morgan fingerprint density at radius 1 is 1.02 bits per heavy atom. The van der Waals surface area contributed by atoms with Gasteiger partial charge in [0.15, 0.2) is 34.7 Å². The normalized spacial score (nSPS) is 28.2. The molecule has 0 heterocycles. The van der Waals surface area contributed by atoms with Gasteiger partial charge in [0.1, 0.15) is 5.75 Å². The first-order valence-electron chi connectivity index (χ1n) is 13.7. The van der Waals surface area contributed by atoms with Crippen LogP contribution in [-0.2, 0) is 25.6 Å². The SMILES string of the molecule is CN(C)c1cc(NC(=O)c2ccc(N)cc2)c(O)c2c1CC1CC3[C@H](N(C)C)C(=O)C(C(N)=O)C(=O)[C@@]3(O)C(=O)C1C2=O. The first-order chi connectivity index (χ1) is 20.1. The average Bonchev–Trinajstić information content (AvgIpc) is 2.92. The minimum absolute atomic E-state index is 0.0623. The Kier molecular flexibility index (Phi) is 7.14. The maximum Gasteiger partial charge on any atom is 0.255 e. The highest BCUT2D eigenvalue weighted by atomic mass is 16.3. The topological polar surface area (TPSA) is 213 Å². The molecule has 7 N–H and O–H groups in total. The van der Waals surface area contributed by atoms with Crippen molar-refractivity contribution >= 4 is 52.0 Å². The van der Waals surface area contributed by atoms with E-state index in [1.165, 1.54) is 49.3 Å². The summed E-state index contributed by atoms with van der Waals surface area (Å²) in [6.45, 7) is 0. The largest absolute Gasteiger partial charge is 0.505 e. The van der Waals surface area contributed by atoms with Gasteiger partial charge in [-0.1, -0.05) is 0 Å². The number of ketones is 4. The second kappa shape index (κ2) is 10.3. The zero-order valence-corrected chi connectivity index (χ0v) is 24.1. The number of rotatable bonds is 5. The lowest BCUT2D eigenvalue weighted by atomic mass is 9.52. The van der Waals surface area contributed by atoms with Gasteiger partial charge in [0, 0.05) is 37.0 Å². The van der Waals surface area contributed by atoms with Crippen LogP contribution in [0, 0.1) is 23.7 Å². The third-order valence-corrected chi connectivity index (χ3v) is 8.94. The molecule has 3 aliphatic carbocycles. The van der Waals surface area contributed by atoms with E-state index >= 15 is 0 Å². The van der Waals surface area contributed by atoms with Crippen LogP contribution in [-0.4, -0.2) is 89.9 Å². The molecule has 43 heavy (non-hydrogen) atoms. The molecule has 226 valence electrons. The molecule has 6 atom stereocenters. The number of Topliss-reactive ketones (excluding diaryl/α,β-unsaturated/α-hetero) is 4. The van der Waals surface area contributed by atoms with Gasteiger partial charge >= 0.3 is 0 Å². The first kappa shape index (κ1) is 29.9. The summed E-state index contributed by atoms with van der Waals surface area (Å²) in [4.78, 5) is 83.1. The van der Waals surface area contributed by atoms with E-state index in [0.717, 1.165) is 0 Å². The summed E-state index contributed by atoms with van der Waals surface area (Å²) in [5, 5.41) is 25.7. The van der Waals surface area contributed by atoms with E-state index in [4.69, 9.17) is 11.5 Å². The number of aliphatic hydroxyl groups is 1. The highest BCUT2D eigenvalue weighted by molar-refractivity contribution is 6.32. The van der Waals surface area contributed by atoms with Gasteiger partial charge in [-0.3, -0.25) is 33.7 Å². The smallest absolute Gasteiger partial charge is 0.255 e. The van der Waals surface area contributed by atoms with Crippen LogP contribution >= 0.6 is 0 Å². The Morgan fingerprint density at radius 3 is 2.21 bits per heavy atom. The minimum atomic E-state index is -2.82. The number of nitrogen functional groups attached to an aromatic ring is 1. The lowest BCUT2D eigenvalue weighted by molar-refractivity contribution is -0.181. The fourth-order valence-corrected chi connectivity index (χ4v) is 6.98. The van der Waals surface area contributed by atoms with Crippen molar-refractivity contribution in [1.29, 1.82) is 0 Å². The number of amides is 2. The maximum absolute atomic E-state index is 14.1. The molecule has 13 nitrogen and oxygen atoms in total. The van der Waals surface area contributed by atoms with Crippen molar-refractivity contribution < 1.29 is 39.0 Å². The molecule has 4 unspecified atom stereocenters. The number of hydrogen-bond donors (Lipinski definition) is 5. The van der Waals surface area contributed by atoms with Crippen LogP contribution < -0.4 is 21.7 Å². The molecular formula is C30H33N5O8. The van der Waals surface area contributed by atoms with Crippen LogP contribution in [0.4, 0.5) is 17.1 Å². The Morgan fingerprint density at radius 2 is 1.65 bits per heavy atom. The minimum Gasteiger partial charge on any atom is -0.505 e. The molecule has 5 rings (SSSR count). The van der Waals surface area contributed by atoms with Crippen LogP contribution in [0.1, 0.15) is 32.7 Å². The summed E-state index contributed by atoms with van der Waals surface area (Å²) >= 11 is 0. The van der Waals surface area contributed by atoms with Crippen molar-refractivity contribution in [3.63, 3.8) is 0 Å². The summed E-state index contributed by atoms with van der Waals surface area (Å²) in [7, 11) is 6.47. The maximum atomic E-state index is 14.1. The van der Waals surface area contributed by atoms with E-state index in [1.54, 1.807) is 19.0 Å². The average molecular weight is 592 g/mol. The number of phenolic OH excluding ortho intramolecular Hbond substituents is 1. The second-order valence-corrected chi connectivity index (χ2v) is 11.9. The van der Waals surface area contributed by atoms with Gasteiger partial charge in [0.25, 0.3) is 5.91 Å². The lowest BCUT2D eigenvalue weighted by Crippen LogP contribution is -2.74. The summed E-state index contributed by atoms with van der Waals surface area (Å²) in [6.07, 6.45) is 0.0340. The van der Waals surface area contributed by atoms with Crippen LogP contribution in [0.2, 0.25) is 0 Å². The van der Waals surface area contributed by atoms with Crippen molar-refractivity contribution in [2.24, 2.45) is 29.4 Å². The summed E-state index contributed by atoms with van der Waals surface area (Å²) in [6, 6.07) is 6.39. The standard InChI is InChI=1S/C30H33N5O8/c1-34(2)18-11-17(33-29(42)12-5-7-14(31)8-6-12)23(36)20-15(18)9-13-10-16-22(35(3)4)25(38)21(28(32)41)27(40)30(16,43)26(39)19(13)24(20)37/h5-8,11,13,16,19,21-22,36,43H,9-10,31H2,1-4H3,(H2,32,41)(H,33,42)/t13?,16?,19?,21?,22-,30-/m0/s1.